The maximum absolute atomic E-state index is 5.73. The third kappa shape index (κ3) is 2.55. The van der Waals surface area contributed by atoms with Gasteiger partial charge in [0.25, 0.3) is 0 Å². The lowest BCUT2D eigenvalue weighted by Crippen LogP contribution is -2.03. The molecule has 0 aromatic carbocycles. The van der Waals surface area contributed by atoms with Crippen molar-refractivity contribution in [2.75, 3.05) is 5.73 Å². The second-order valence-electron chi connectivity index (χ2n) is 3.61. The molecule has 0 aliphatic heterocycles. The number of nitrogens with two attached hydrogens (primary N) is 1. The van der Waals surface area contributed by atoms with Gasteiger partial charge in [0.05, 0.1) is 6.42 Å². The summed E-state index contributed by atoms with van der Waals surface area (Å²) in [6.07, 6.45) is 1.53. The van der Waals surface area contributed by atoms with Crippen LogP contribution in [-0.2, 0) is 12.8 Å². The average Bonchev–Trinajstić information content (AvgIpc) is 2.63. The topological polar surface area (TPSA) is 64.7 Å². The number of nitrogen functional groups attached to an aromatic ring is 1. The van der Waals surface area contributed by atoms with E-state index >= 15 is 0 Å². The zero-order valence-electron chi connectivity index (χ0n) is 9.40. The number of hydrogen-bond donors (Lipinski definition) is 1. The highest BCUT2D eigenvalue weighted by atomic mass is 32.1. The fraction of sp³-hybridized carbons (Fsp3) is 0.364. The molecule has 4 nitrogen and oxygen atoms in total. The van der Waals surface area contributed by atoms with Gasteiger partial charge in [-0.2, -0.15) is 0 Å². The van der Waals surface area contributed by atoms with Gasteiger partial charge in [-0.3, -0.25) is 0 Å². The first-order valence-corrected chi connectivity index (χ1v) is 6.08. The highest BCUT2D eigenvalue weighted by Crippen LogP contribution is 2.13. The molecular weight excluding hydrogens is 220 g/mol. The number of anilines is 1. The van der Waals surface area contributed by atoms with Crippen LogP contribution in [0.5, 0.6) is 0 Å². The van der Waals surface area contributed by atoms with E-state index in [1.54, 1.807) is 11.3 Å². The lowest BCUT2D eigenvalue weighted by atomic mass is 10.3. The van der Waals surface area contributed by atoms with Gasteiger partial charge in [0.1, 0.15) is 16.6 Å². The Balaban J connectivity index is 2.24. The second-order valence-corrected chi connectivity index (χ2v) is 4.56. The lowest BCUT2D eigenvalue weighted by molar-refractivity contribution is 0.903. The number of hydrogen-bond acceptors (Lipinski definition) is 5. The fourth-order valence-electron chi connectivity index (χ4n) is 1.45. The highest BCUT2D eigenvalue weighted by molar-refractivity contribution is 7.09. The Morgan fingerprint density at radius 2 is 2.12 bits per heavy atom. The van der Waals surface area contributed by atoms with Crippen LogP contribution in [0.2, 0.25) is 0 Å². The number of rotatable bonds is 3. The Bertz CT molecular complexity index is 492. The molecule has 2 rings (SSSR count). The molecule has 0 saturated heterocycles. The van der Waals surface area contributed by atoms with Crippen molar-refractivity contribution in [1.29, 1.82) is 0 Å². The molecule has 0 aliphatic carbocycles. The van der Waals surface area contributed by atoms with E-state index in [4.69, 9.17) is 5.73 Å². The number of aromatic nitrogens is 3. The first kappa shape index (κ1) is 11.0. The predicted molar refractivity (Wildman–Crippen MR) is 65.5 cm³/mol. The quantitative estimate of drug-likeness (QED) is 0.882. The van der Waals surface area contributed by atoms with Crippen LogP contribution in [0.25, 0.3) is 0 Å². The summed E-state index contributed by atoms with van der Waals surface area (Å²) in [6.45, 7) is 4.04. The Kier molecular flexibility index (Phi) is 3.14. The van der Waals surface area contributed by atoms with Gasteiger partial charge in [0.15, 0.2) is 0 Å². The Hall–Kier alpha value is -1.49. The van der Waals surface area contributed by atoms with Crippen molar-refractivity contribution in [1.82, 2.24) is 15.0 Å². The van der Waals surface area contributed by atoms with E-state index in [0.717, 1.165) is 28.6 Å². The molecule has 2 aromatic heterocycles. The van der Waals surface area contributed by atoms with Crippen molar-refractivity contribution in [3.8, 4) is 0 Å². The van der Waals surface area contributed by atoms with E-state index in [9.17, 15) is 0 Å². The normalized spacial score (nSPS) is 10.6. The zero-order chi connectivity index (χ0) is 11.5. The molecule has 2 N–H and O–H groups in total. The monoisotopic (exact) mass is 234 g/mol. The van der Waals surface area contributed by atoms with E-state index in [1.165, 1.54) is 0 Å². The SMILES string of the molecule is CCc1cc(N)nc(Cc2nc(C)cs2)n1. The van der Waals surface area contributed by atoms with Gasteiger partial charge in [0, 0.05) is 22.8 Å². The van der Waals surface area contributed by atoms with Crippen molar-refractivity contribution < 1.29 is 0 Å². The standard InChI is InChI=1S/C11H14N4S/c1-3-8-4-9(12)15-10(14-8)5-11-13-7(2)6-16-11/h4,6H,3,5H2,1-2H3,(H2,12,14,15). The summed E-state index contributed by atoms with van der Waals surface area (Å²) < 4.78 is 0. The molecule has 0 amide bonds. The van der Waals surface area contributed by atoms with E-state index in [1.807, 2.05) is 18.4 Å². The molecule has 0 bridgehead atoms. The van der Waals surface area contributed by atoms with Gasteiger partial charge in [0.2, 0.25) is 0 Å². The number of aryl methyl sites for hydroxylation is 2. The third-order valence-corrected chi connectivity index (χ3v) is 3.15. The van der Waals surface area contributed by atoms with E-state index in [0.29, 0.717) is 12.2 Å². The molecule has 2 heterocycles. The average molecular weight is 234 g/mol. The van der Waals surface area contributed by atoms with Crippen LogP contribution < -0.4 is 5.73 Å². The highest BCUT2D eigenvalue weighted by Gasteiger charge is 2.05. The van der Waals surface area contributed by atoms with Gasteiger partial charge in [-0.05, 0) is 13.3 Å². The molecule has 2 aromatic rings. The van der Waals surface area contributed by atoms with Gasteiger partial charge in [-0.1, -0.05) is 6.92 Å². The molecular formula is C11H14N4S. The molecule has 0 radical (unpaired) electrons. The van der Waals surface area contributed by atoms with Crippen molar-refractivity contribution in [2.24, 2.45) is 0 Å². The fourth-order valence-corrected chi connectivity index (χ4v) is 2.22. The number of nitrogens with zero attached hydrogens (tertiary/aromatic N) is 3. The summed E-state index contributed by atoms with van der Waals surface area (Å²) in [5, 5.41) is 3.06. The molecule has 0 saturated carbocycles. The predicted octanol–water partition coefficient (Wildman–Crippen LogP) is 1.98. The van der Waals surface area contributed by atoms with Crippen molar-refractivity contribution in [2.45, 2.75) is 26.7 Å². The summed E-state index contributed by atoms with van der Waals surface area (Å²) in [4.78, 5) is 13.0. The van der Waals surface area contributed by atoms with Crippen LogP contribution in [0.15, 0.2) is 11.4 Å². The summed E-state index contributed by atoms with van der Waals surface area (Å²) in [7, 11) is 0. The van der Waals surface area contributed by atoms with Gasteiger partial charge in [-0.15, -0.1) is 11.3 Å². The van der Waals surface area contributed by atoms with E-state index < -0.39 is 0 Å². The summed E-state index contributed by atoms with van der Waals surface area (Å²) in [6, 6.07) is 1.82. The maximum Gasteiger partial charge on any atom is 0.137 e. The molecule has 84 valence electrons. The van der Waals surface area contributed by atoms with E-state index in [-0.39, 0.29) is 0 Å². The first-order valence-electron chi connectivity index (χ1n) is 5.20. The summed E-state index contributed by atoms with van der Waals surface area (Å²) in [5.41, 5.74) is 7.75. The molecule has 0 spiro atoms. The molecule has 0 unspecified atom stereocenters. The minimum Gasteiger partial charge on any atom is -0.384 e. The largest absolute Gasteiger partial charge is 0.384 e. The zero-order valence-corrected chi connectivity index (χ0v) is 10.2. The molecule has 0 atom stereocenters. The van der Waals surface area contributed by atoms with Crippen molar-refractivity contribution >= 4 is 17.2 Å². The summed E-state index contributed by atoms with van der Waals surface area (Å²) >= 11 is 1.63. The lowest BCUT2D eigenvalue weighted by Gasteiger charge is -2.02. The minimum atomic E-state index is 0.537. The number of thiazole rings is 1. The minimum absolute atomic E-state index is 0.537. The van der Waals surface area contributed by atoms with Gasteiger partial charge < -0.3 is 5.73 Å². The Morgan fingerprint density at radius 1 is 1.31 bits per heavy atom. The van der Waals surface area contributed by atoms with Crippen LogP contribution in [0.1, 0.15) is 29.1 Å². The van der Waals surface area contributed by atoms with E-state index in [2.05, 4.69) is 21.9 Å². The molecule has 0 aliphatic rings. The van der Waals surface area contributed by atoms with Gasteiger partial charge in [-0.25, -0.2) is 15.0 Å². The maximum atomic E-state index is 5.73. The molecule has 16 heavy (non-hydrogen) atoms. The molecule has 5 heteroatoms. The van der Waals surface area contributed by atoms with Crippen LogP contribution in [-0.4, -0.2) is 15.0 Å². The first-order chi connectivity index (χ1) is 7.67. The van der Waals surface area contributed by atoms with Crippen LogP contribution >= 0.6 is 11.3 Å². The van der Waals surface area contributed by atoms with Crippen LogP contribution in [0.3, 0.4) is 0 Å². The Labute approximate surface area is 98.6 Å². The van der Waals surface area contributed by atoms with Gasteiger partial charge >= 0.3 is 0 Å². The summed E-state index contributed by atoms with van der Waals surface area (Å²) in [5.74, 6) is 1.29. The second kappa shape index (κ2) is 4.57. The van der Waals surface area contributed by atoms with Crippen molar-refractivity contribution in [3.05, 3.63) is 33.7 Å². The Morgan fingerprint density at radius 3 is 2.75 bits per heavy atom. The molecule has 0 fully saturated rings. The third-order valence-electron chi connectivity index (χ3n) is 2.18. The smallest absolute Gasteiger partial charge is 0.137 e. The van der Waals surface area contributed by atoms with Crippen LogP contribution in [0, 0.1) is 6.92 Å². The van der Waals surface area contributed by atoms with Crippen molar-refractivity contribution in [3.63, 3.8) is 0 Å². The van der Waals surface area contributed by atoms with Crippen LogP contribution in [0.4, 0.5) is 5.82 Å².